The van der Waals surface area contributed by atoms with Crippen LogP contribution in [0.15, 0.2) is 67.0 Å². The fourth-order valence-electron chi connectivity index (χ4n) is 2.88. The number of hydrogen-bond donors (Lipinski definition) is 1. The monoisotopic (exact) mass is 316 g/mol. The summed E-state index contributed by atoms with van der Waals surface area (Å²) in [6.45, 7) is 0.909. The molecule has 5 nitrogen and oxygen atoms in total. The molecule has 4 rings (SSSR count). The van der Waals surface area contributed by atoms with Crippen LogP contribution in [0.2, 0.25) is 0 Å². The molecule has 0 saturated heterocycles. The molecule has 3 heterocycles. The number of nitrogens with one attached hydrogen (secondary N) is 1. The summed E-state index contributed by atoms with van der Waals surface area (Å²) in [5, 5.41) is 2.76. The highest BCUT2D eigenvalue weighted by molar-refractivity contribution is 6.03. The van der Waals surface area contributed by atoms with Gasteiger partial charge in [0.2, 0.25) is 0 Å². The Kier molecular flexibility index (Phi) is 3.67. The minimum absolute atomic E-state index is 0.213. The number of benzene rings is 1. The van der Waals surface area contributed by atoms with Gasteiger partial charge in [0.15, 0.2) is 0 Å². The lowest BCUT2D eigenvalue weighted by atomic mass is 10.2. The van der Waals surface area contributed by atoms with Gasteiger partial charge >= 0.3 is 0 Å². The number of amides is 1. The zero-order valence-electron chi connectivity index (χ0n) is 13.0. The number of para-hydroxylation sites is 1. The first-order valence-corrected chi connectivity index (χ1v) is 7.85. The molecular weight excluding hydrogens is 300 g/mol. The maximum Gasteiger partial charge on any atom is 0.258 e. The smallest absolute Gasteiger partial charge is 0.258 e. The highest BCUT2D eigenvalue weighted by Crippen LogP contribution is 2.32. The molecular formula is C19H16N4O. The first kappa shape index (κ1) is 14.4. The van der Waals surface area contributed by atoms with Crippen molar-refractivity contribution in [1.29, 1.82) is 0 Å². The summed E-state index contributed by atoms with van der Waals surface area (Å²) < 4.78 is 0. The molecule has 5 heteroatoms. The Morgan fingerprint density at radius 1 is 1.00 bits per heavy atom. The topological polar surface area (TPSA) is 58.1 Å². The summed E-state index contributed by atoms with van der Waals surface area (Å²) in [7, 11) is 0. The highest BCUT2D eigenvalue weighted by atomic mass is 16.1. The van der Waals surface area contributed by atoms with Crippen molar-refractivity contribution in [1.82, 2.24) is 9.97 Å². The van der Waals surface area contributed by atoms with E-state index in [1.54, 1.807) is 30.6 Å². The number of carbonyl (C=O) groups is 1. The molecule has 0 aliphatic carbocycles. The van der Waals surface area contributed by atoms with Crippen molar-refractivity contribution in [2.75, 3.05) is 16.8 Å². The molecule has 0 fully saturated rings. The largest absolute Gasteiger partial charge is 0.326 e. The van der Waals surface area contributed by atoms with Gasteiger partial charge < -0.3 is 10.2 Å². The van der Waals surface area contributed by atoms with Crippen molar-refractivity contribution in [3.05, 3.63) is 78.1 Å². The Bertz CT molecular complexity index is 862. The number of aromatic nitrogens is 2. The van der Waals surface area contributed by atoms with Crippen LogP contribution < -0.4 is 10.2 Å². The van der Waals surface area contributed by atoms with Crippen LogP contribution in [0.25, 0.3) is 0 Å². The molecule has 1 aliphatic rings. The average Bonchev–Trinajstić information content (AvgIpc) is 3.07. The lowest BCUT2D eigenvalue weighted by Crippen LogP contribution is -2.16. The molecule has 0 saturated carbocycles. The lowest BCUT2D eigenvalue weighted by Gasteiger charge is -2.18. The Morgan fingerprint density at radius 2 is 1.88 bits per heavy atom. The van der Waals surface area contributed by atoms with E-state index in [0.29, 0.717) is 11.4 Å². The number of hydrogen-bond acceptors (Lipinski definition) is 4. The molecule has 3 aromatic rings. The second-order valence-electron chi connectivity index (χ2n) is 5.60. The molecule has 1 aromatic carbocycles. The van der Waals surface area contributed by atoms with Crippen molar-refractivity contribution in [2.45, 2.75) is 6.42 Å². The number of nitrogens with zero attached hydrogens (tertiary/aromatic N) is 3. The van der Waals surface area contributed by atoms with E-state index in [1.807, 2.05) is 18.2 Å². The van der Waals surface area contributed by atoms with Crippen LogP contribution in [0.3, 0.4) is 0 Å². The fraction of sp³-hybridized carbons (Fsp3) is 0.105. The normalized spacial score (nSPS) is 12.8. The van der Waals surface area contributed by atoms with Gasteiger partial charge in [-0.3, -0.25) is 4.79 Å². The Labute approximate surface area is 140 Å². The van der Waals surface area contributed by atoms with E-state index in [4.69, 9.17) is 0 Å². The zero-order valence-corrected chi connectivity index (χ0v) is 13.0. The van der Waals surface area contributed by atoms with E-state index in [9.17, 15) is 4.79 Å². The molecule has 0 spiro atoms. The number of rotatable bonds is 3. The standard InChI is InChI=1S/C19H16N4O/c24-19(22-17-7-3-4-11-20-17)15-8-9-18(21-13-15)23-12-10-14-5-1-2-6-16(14)23/h1-9,11,13H,10,12H2,(H,20,22,24). The van der Waals surface area contributed by atoms with Gasteiger partial charge in [0.25, 0.3) is 5.91 Å². The number of carbonyl (C=O) groups excluding carboxylic acids is 1. The van der Waals surface area contributed by atoms with E-state index in [0.717, 1.165) is 18.8 Å². The van der Waals surface area contributed by atoms with Gasteiger partial charge in [-0.05, 0) is 42.3 Å². The summed E-state index contributed by atoms with van der Waals surface area (Å²) in [6.07, 6.45) is 4.26. The fourth-order valence-corrected chi connectivity index (χ4v) is 2.88. The van der Waals surface area contributed by atoms with Gasteiger partial charge in [-0.2, -0.15) is 0 Å². The van der Waals surface area contributed by atoms with Gasteiger partial charge in [0.1, 0.15) is 11.6 Å². The van der Waals surface area contributed by atoms with Crippen LogP contribution in [-0.2, 0) is 6.42 Å². The van der Waals surface area contributed by atoms with Crippen LogP contribution in [0.4, 0.5) is 17.3 Å². The molecule has 118 valence electrons. The van der Waals surface area contributed by atoms with Crippen LogP contribution in [0, 0.1) is 0 Å². The first-order chi connectivity index (χ1) is 11.8. The second-order valence-corrected chi connectivity index (χ2v) is 5.60. The van der Waals surface area contributed by atoms with E-state index < -0.39 is 0 Å². The Hall–Kier alpha value is -3.21. The number of fused-ring (bicyclic) bond motifs is 1. The summed E-state index contributed by atoms with van der Waals surface area (Å²) >= 11 is 0. The molecule has 0 bridgehead atoms. The minimum atomic E-state index is -0.213. The van der Waals surface area contributed by atoms with Gasteiger partial charge in [-0.25, -0.2) is 9.97 Å². The molecule has 2 aromatic heterocycles. The Morgan fingerprint density at radius 3 is 2.67 bits per heavy atom. The number of anilines is 3. The third-order valence-corrected chi connectivity index (χ3v) is 4.08. The molecule has 1 N–H and O–H groups in total. The maximum absolute atomic E-state index is 12.2. The van der Waals surface area contributed by atoms with Gasteiger partial charge in [-0.15, -0.1) is 0 Å². The molecule has 1 aliphatic heterocycles. The molecule has 0 atom stereocenters. The van der Waals surface area contributed by atoms with E-state index in [1.165, 1.54) is 11.3 Å². The summed E-state index contributed by atoms with van der Waals surface area (Å²) in [5.74, 6) is 1.17. The highest BCUT2D eigenvalue weighted by Gasteiger charge is 2.20. The summed E-state index contributed by atoms with van der Waals surface area (Å²) in [6, 6.07) is 17.4. The Balaban J connectivity index is 1.52. The predicted octanol–water partition coefficient (Wildman–Crippen LogP) is 3.42. The zero-order chi connectivity index (χ0) is 16.4. The van der Waals surface area contributed by atoms with Crippen molar-refractivity contribution >= 4 is 23.2 Å². The second kappa shape index (κ2) is 6.12. The van der Waals surface area contributed by atoms with Crippen molar-refractivity contribution in [3.63, 3.8) is 0 Å². The predicted molar refractivity (Wildman–Crippen MR) is 93.6 cm³/mol. The van der Waals surface area contributed by atoms with Gasteiger partial charge in [0, 0.05) is 24.6 Å². The SMILES string of the molecule is O=C(Nc1ccccn1)c1ccc(N2CCc3ccccc32)nc1. The number of pyridine rings is 2. The van der Waals surface area contributed by atoms with E-state index >= 15 is 0 Å². The van der Waals surface area contributed by atoms with Crippen molar-refractivity contribution in [3.8, 4) is 0 Å². The summed E-state index contributed by atoms with van der Waals surface area (Å²) in [5.41, 5.74) is 3.03. The van der Waals surface area contributed by atoms with Crippen LogP contribution in [0.5, 0.6) is 0 Å². The van der Waals surface area contributed by atoms with Crippen LogP contribution in [-0.4, -0.2) is 22.4 Å². The molecule has 1 amide bonds. The maximum atomic E-state index is 12.2. The van der Waals surface area contributed by atoms with E-state index in [-0.39, 0.29) is 5.91 Å². The summed E-state index contributed by atoms with van der Waals surface area (Å²) in [4.78, 5) is 23.0. The van der Waals surface area contributed by atoms with Crippen molar-refractivity contribution in [2.24, 2.45) is 0 Å². The average molecular weight is 316 g/mol. The lowest BCUT2D eigenvalue weighted by molar-refractivity contribution is 0.102. The third kappa shape index (κ3) is 2.72. The van der Waals surface area contributed by atoms with Gasteiger partial charge in [-0.1, -0.05) is 24.3 Å². The quantitative estimate of drug-likeness (QED) is 0.804. The third-order valence-electron chi connectivity index (χ3n) is 4.08. The molecule has 0 radical (unpaired) electrons. The van der Waals surface area contributed by atoms with Crippen LogP contribution >= 0.6 is 0 Å². The minimum Gasteiger partial charge on any atom is -0.326 e. The van der Waals surface area contributed by atoms with Gasteiger partial charge in [0.05, 0.1) is 5.56 Å². The van der Waals surface area contributed by atoms with Crippen LogP contribution in [0.1, 0.15) is 15.9 Å². The molecule has 24 heavy (non-hydrogen) atoms. The first-order valence-electron chi connectivity index (χ1n) is 7.85. The van der Waals surface area contributed by atoms with E-state index in [2.05, 4.69) is 38.4 Å². The van der Waals surface area contributed by atoms with Crippen molar-refractivity contribution < 1.29 is 4.79 Å². The molecule has 0 unspecified atom stereocenters.